The summed E-state index contributed by atoms with van der Waals surface area (Å²) >= 11 is 0. The Morgan fingerprint density at radius 1 is 1.05 bits per heavy atom. The first-order chi connectivity index (χ1) is 10.2. The van der Waals surface area contributed by atoms with E-state index in [0.29, 0.717) is 32.1 Å². The lowest BCUT2D eigenvalue weighted by Crippen LogP contribution is -2.49. The van der Waals surface area contributed by atoms with Gasteiger partial charge in [-0.05, 0) is 18.2 Å². The summed E-state index contributed by atoms with van der Waals surface area (Å²) < 4.78 is 13.1. The minimum absolute atomic E-state index is 0.138. The van der Waals surface area contributed by atoms with Gasteiger partial charge in [0.25, 0.3) is 5.91 Å². The van der Waals surface area contributed by atoms with Gasteiger partial charge in [0, 0.05) is 38.6 Å². The second kappa shape index (κ2) is 5.82. The van der Waals surface area contributed by atoms with Crippen LogP contribution in [0.2, 0.25) is 0 Å². The summed E-state index contributed by atoms with van der Waals surface area (Å²) in [5, 5.41) is 0. The van der Waals surface area contributed by atoms with E-state index >= 15 is 0 Å². The van der Waals surface area contributed by atoms with E-state index < -0.39 is 5.95 Å². The first kappa shape index (κ1) is 13.4. The van der Waals surface area contributed by atoms with Gasteiger partial charge in [-0.25, -0.2) is 15.0 Å². The van der Waals surface area contributed by atoms with Gasteiger partial charge in [-0.1, -0.05) is 6.07 Å². The van der Waals surface area contributed by atoms with Gasteiger partial charge in [-0.2, -0.15) is 4.39 Å². The monoisotopic (exact) mass is 287 g/mol. The molecule has 3 heterocycles. The van der Waals surface area contributed by atoms with Crippen molar-refractivity contribution in [3.05, 3.63) is 48.3 Å². The molecule has 2 aromatic heterocycles. The number of hydrogen-bond donors (Lipinski definition) is 0. The number of rotatable bonds is 2. The number of aromatic nitrogens is 3. The number of halogens is 1. The molecule has 0 radical (unpaired) electrons. The Kier molecular flexibility index (Phi) is 3.72. The summed E-state index contributed by atoms with van der Waals surface area (Å²) in [7, 11) is 0. The molecule has 0 saturated carbocycles. The van der Waals surface area contributed by atoms with Crippen LogP contribution in [0.25, 0.3) is 0 Å². The second-order valence-corrected chi connectivity index (χ2v) is 4.67. The van der Waals surface area contributed by atoms with Gasteiger partial charge in [-0.3, -0.25) is 4.79 Å². The summed E-state index contributed by atoms with van der Waals surface area (Å²) in [4.78, 5) is 27.9. The molecule has 3 rings (SSSR count). The molecule has 0 N–H and O–H groups in total. The van der Waals surface area contributed by atoms with Crippen LogP contribution in [0.4, 0.5) is 10.3 Å². The largest absolute Gasteiger partial charge is 0.337 e. The van der Waals surface area contributed by atoms with E-state index in [1.807, 2.05) is 4.90 Å². The Bertz CT molecular complexity index is 628. The minimum Gasteiger partial charge on any atom is -0.337 e. The minimum atomic E-state index is -0.642. The number of anilines is 1. The van der Waals surface area contributed by atoms with E-state index in [9.17, 15) is 9.18 Å². The van der Waals surface area contributed by atoms with Crippen molar-refractivity contribution in [2.45, 2.75) is 0 Å². The molecule has 21 heavy (non-hydrogen) atoms. The highest BCUT2D eigenvalue weighted by Gasteiger charge is 2.24. The number of hydrogen-bond acceptors (Lipinski definition) is 5. The second-order valence-electron chi connectivity index (χ2n) is 4.67. The average Bonchev–Trinajstić information content (AvgIpc) is 2.55. The van der Waals surface area contributed by atoms with Gasteiger partial charge in [-0.15, -0.1) is 0 Å². The Hall–Kier alpha value is -2.57. The van der Waals surface area contributed by atoms with Crippen molar-refractivity contribution >= 4 is 11.9 Å². The molecule has 108 valence electrons. The maximum absolute atomic E-state index is 13.1. The fourth-order valence-electron chi connectivity index (χ4n) is 2.25. The SMILES string of the molecule is O=C(c1cccc(F)n1)N1CCN(c2ncccn2)CC1. The van der Waals surface area contributed by atoms with E-state index in [1.54, 1.807) is 23.4 Å². The molecule has 0 unspecified atom stereocenters. The van der Waals surface area contributed by atoms with Crippen molar-refractivity contribution in [1.82, 2.24) is 19.9 Å². The smallest absolute Gasteiger partial charge is 0.272 e. The zero-order chi connectivity index (χ0) is 14.7. The average molecular weight is 287 g/mol. The van der Waals surface area contributed by atoms with E-state index in [0.717, 1.165) is 0 Å². The summed E-state index contributed by atoms with van der Waals surface area (Å²) in [5.74, 6) is -0.228. The number of piperazine rings is 1. The van der Waals surface area contributed by atoms with E-state index in [-0.39, 0.29) is 11.6 Å². The molecule has 1 aliphatic rings. The van der Waals surface area contributed by atoms with Crippen molar-refractivity contribution in [3.63, 3.8) is 0 Å². The maximum Gasteiger partial charge on any atom is 0.272 e. The van der Waals surface area contributed by atoms with Crippen molar-refractivity contribution in [2.24, 2.45) is 0 Å². The molecule has 0 spiro atoms. The first-order valence-electron chi connectivity index (χ1n) is 6.68. The van der Waals surface area contributed by atoms with Crippen molar-refractivity contribution in [1.29, 1.82) is 0 Å². The molecule has 1 aliphatic heterocycles. The molecular formula is C14H14FN5O. The number of pyridine rings is 1. The van der Waals surface area contributed by atoms with Crippen LogP contribution in [0.1, 0.15) is 10.5 Å². The third-order valence-corrected chi connectivity index (χ3v) is 3.34. The van der Waals surface area contributed by atoms with Gasteiger partial charge in [0.15, 0.2) is 0 Å². The normalized spacial score (nSPS) is 15.1. The zero-order valence-electron chi connectivity index (χ0n) is 11.3. The predicted octanol–water partition coefficient (Wildman–Crippen LogP) is 0.973. The standard InChI is InChI=1S/C14H14FN5O/c15-12-4-1-3-11(18-12)13(21)19-7-9-20(10-8-19)14-16-5-2-6-17-14/h1-6H,7-10H2. The van der Waals surface area contributed by atoms with Gasteiger partial charge < -0.3 is 9.80 Å². The summed E-state index contributed by atoms with van der Waals surface area (Å²) in [6, 6.07) is 6.00. The topological polar surface area (TPSA) is 62.2 Å². The highest BCUT2D eigenvalue weighted by Crippen LogP contribution is 2.12. The van der Waals surface area contributed by atoms with Gasteiger partial charge >= 0.3 is 0 Å². The van der Waals surface area contributed by atoms with Crippen LogP contribution in [0, 0.1) is 5.95 Å². The molecule has 0 aliphatic carbocycles. The summed E-state index contributed by atoms with van der Waals surface area (Å²) in [6.07, 6.45) is 3.38. The van der Waals surface area contributed by atoms with Crippen molar-refractivity contribution < 1.29 is 9.18 Å². The van der Waals surface area contributed by atoms with Crippen LogP contribution in [-0.4, -0.2) is 51.9 Å². The Labute approximate surface area is 121 Å². The number of amides is 1. The quantitative estimate of drug-likeness (QED) is 0.770. The van der Waals surface area contributed by atoms with Crippen LogP contribution in [0.3, 0.4) is 0 Å². The van der Waals surface area contributed by atoms with E-state index in [4.69, 9.17) is 0 Å². The highest BCUT2D eigenvalue weighted by atomic mass is 19.1. The maximum atomic E-state index is 13.1. The van der Waals surface area contributed by atoms with Crippen LogP contribution < -0.4 is 4.90 Å². The lowest BCUT2D eigenvalue weighted by atomic mass is 10.2. The van der Waals surface area contributed by atoms with Crippen LogP contribution >= 0.6 is 0 Å². The Morgan fingerprint density at radius 3 is 2.43 bits per heavy atom. The Morgan fingerprint density at radius 2 is 1.76 bits per heavy atom. The first-order valence-corrected chi connectivity index (χ1v) is 6.68. The molecule has 1 fully saturated rings. The fourth-order valence-corrected chi connectivity index (χ4v) is 2.25. The molecule has 0 aromatic carbocycles. The predicted molar refractivity (Wildman–Crippen MR) is 74.3 cm³/mol. The van der Waals surface area contributed by atoms with Crippen molar-refractivity contribution in [2.75, 3.05) is 31.1 Å². The fraction of sp³-hybridized carbons (Fsp3) is 0.286. The van der Waals surface area contributed by atoms with Gasteiger partial charge in [0.1, 0.15) is 5.69 Å². The van der Waals surface area contributed by atoms with Crippen LogP contribution in [-0.2, 0) is 0 Å². The van der Waals surface area contributed by atoms with Gasteiger partial charge in [0.2, 0.25) is 11.9 Å². The third kappa shape index (κ3) is 2.96. The van der Waals surface area contributed by atoms with E-state index in [2.05, 4.69) is 15.0 Å². The molecule has 0 atom stereocenters. The molecule has 0 bridgehead atoms. The van der Waals surface area contributed by atoms with Crippen LogP contribution in [0.15, 0.2) is 36.7 Å². The molecule has 6 nitrogen and oxygen atoms in total. The molecule has 1 amide bonds. The van der Waals surface area contributed by atoms with E-state index in [1.165, 1.54) is 18.2 Å². The third-order valence-electron chi connectivity index (χ3n) is 3.34. The molecule has 7 heteroatoms. The van der Waals surface area contributed by atoms with Gasteiger partial charge in [0.05, 0.1) is 0 Å². The lowest BCUT2D eigenvalue weighted by molar-refractivity contribution is 0.0739. The molecule has 2 aromatic rings. The van der Waals surface area contributed by atoms with Crippen LogP contribution in [0.5, 0.6) is 0 Å². The molecular weight excluding hydrogens is 273 g/mol. The summed E-state index contributed by atoms with van der Waals surface area (Å²) in [5.41, 5.74) is 0.138. The zero-order valence-corrected chi connectivity index (χ0v) is 11.3. The highest BCUT2D eigenvalue weighted by molar-refractivity contribution is 5.92. The number of carbonyl (C=O) groups excluding carboxylic acids is 1. The van der Waals surface area contributed by atoms with Crippen molar-refractivity contribution in [3.8, 4) is 0 Å². The Balaban J connectivity index is 1.64. The lowest BCUT2D eigenvalue weighted by Gasteiger charge is -2.34. The number of carbonyl (C=O) groups is 1. The number of nitrogens with zero attached hydrogens (tertiary/aromatic N) is 5. The summed E-state index contributed by atoms with van der Waals surface area (Å²) in [6.45, 7) is 2.36. The molecule has 1 saturated heterocycles.